The molecule has 1 N–H and O–H groups in total. The molecule has 0 radical (unpaired) electrons. The van der Waals surface area contributed by atoms with Crippen LogP contribution in [0.15, 0.2) is 91.3 Å². The fourth-order valence-corrected chi connectivity index (χ4v) is 3.77. The summed E-state index contributed by atoms with van der Waals surface area (Å²) < 4.78 is 19.5. The number of pyridine rings is 1. The smallest absolute Gasteiger partial charge is 0.295 e. The maximum absolute atomic E-state index is 14.1. The van der Waals surface area contributed by atoms with Crippen molar-refractivity contribution >= 4 is 17.4 Å². The number of aliphatic hydroxyl groups is 1. The Hall–Kier alpha value is -4.26. The summed E-state index contributed by atoms with van der Waals surface area (Å²) in [5.41, 5.74) is 1.37. The van der Waals surface area contributed by atoms with Crippen molar-refractivity contribution in [3.63, 3.8) is 0 Å². The van der Waals surface area contributed by atoms with Crippen LogP contribution in [0.1, 0.15) is 22.7 Å². The normalized spacial score (nSPS) is 17.2. The molecule has 7 heteroatoms. The van der Waals surface area contributed by atoms with Crippen LogP contribution in [0, 0.1) is 5.82 Å². The highest BCUT2D eigenvalue weighted by Crippen LogP contribution is 2.40. The first-order valence-corrected chi connectivity index (χ1v) is 10.3. The maximum Gasteiger partial charge on any atom is 0.295 e. The summed E-state index contributed by atoms with van der Waals surface area (Å²) >= 11 is 0. The summed E-state index contributed by atoms with van der Waals surface area (Å²) in [6, 6.07) is 14.6. The minimum Gasteiger partial charge on any atom is -0.507 e. The lowest BCUT2D eigenvalue weighted by Crippen LogP contribution is -2.29. The van der Waals surface area contributed by atoms with Crippen molar-refractivity contribution in [1.29, 1.82) is 0 Å². The molecule has 1 atom stereocenters. The number of ketones is 1. The fraction of sp³-hybridized carbons (Fsp3) is 0.115. The molecular weight excluding hydrogens is 423 g/mol. The highest BCUT2D eigenvalue weighted by atomic mass is 19.1. The summed E-state index contributed by atoms with van der Waals surface area (Å²) in [4.78, 5) is 31.3. The van der Waals surface area contributed by atoms with E-state index in [0.29, 0.717) is 23.5 Å². The van der Waals surface area contributed by atoms with E-state index in [4.69, 9.17) is 4.74 Å². The number of benzene rings is 2. The molecule has 0 saturated carbocycles. The van der Waals surface area contributed by atoms with Crippen LogP contribution >= 0.6 is 0 Å². The van der Waals surface area contributed by atoms with Crippen LogP contribution in [0.3, 0.4) is 0 Å². The van der Waals surface area contributed by atoms with E-state index in [1.165, 1.54) is 23.1 Å². The predicted octanol–water partition coefficient (Wildman–Crippen LogP) is 4.41. The lowest BCUT2D eigenvalue weighted by atomic mass is 9.95. The van der Waals surface area contributed by atoms with Gasteiger partial charge in [-0.3, -0.25) is 14.6 Å². The van der Waals surface area contributed by atoms with E-state index in [0.717, 1.165) is 5.56 Å². The largest absolute Gasteiger partial charge is 0.507 e. The van der Waals surface area contributed by atoms with Gasteiger partial charge in [-0.05, 0) is 59.7 Å². The summed E-state index contributed by atoms with van der Waals surface area (Å²) in [5.74, 6) is -1.89. The van der Waals surface area contributed by atoms with E-state index >= 15 is 0 Å². The third-order valence-corrected chi connectivity index (χ3v) is 5.30. The first kappa shape index (κ1) is 22.0. The number of Topliss-reactive ketones (excluding diaryl/α,β-unsaturated/α-hetero) is 1. The van der Waals surface area contributed by atoms with Gasteiger partial charge in [0.2, 0.25) is 0 Å². The maximum atomic E-state index is 14.1. The topological polar surface area (TPSA) is 79.7 Å². The number of hydrogen-bond donors (Lipinski definition) is 1. The zero-order valence-electron chi connectivity index (χ0n) is 17.6. The third-order valence-electron chi connectivity index (χ3n) is 5.30. The van der Waals surface area contributed by atoms with Crippen molar-refractivity contribution in [1.82, 2.24) is 9.88 Å². The van der Waals surface area contributed by atoms with Crippen molar-refractivity contribution < 1.29 is 23.8 Å². The van der Waals surface area contributed by atoms with Crippen molar-refractivity contribution in [3.05, 3.63) is 114 Å². The van der Waals surface area contributed by atoms with Crippen LogP contribution < -0.4 is 4.74 Å². The predicted molar refractivity (Wildman–Crippen MR) is 121 cm³/mol. The molecule has 1 aromatic heterocycles. The zero-order valence-corrected chi connectivity index (χ0v) is 17.6. The van der Waals surface area contributed by atoms with Gasteiger partial charge in [0.25, 0.3) is 11.7 Å². The van der Waals surface area contributed by atoms with E-state index in [2.05, 4.69) is 11.6 Å². The van der Waals surface area contributed by atoms with Gasteiger partial charge < -0.3 is 14.7 Å². The number of ether oxygens (including phenoxy) is 1. The first-order valence-electron chi connectivity index (χ1n) is 10.3. The summed E-state index contributed by atoms with van der Waals surface area (Å²) in [7, 11) is 0. The average molecular weight is 444 g/mol. The van der Waals surface area contributed by atoms with Gasteiger partial charge in [-0.15, -0.1) is 0 Å². The van der Waals surface area contributed by atoms with Crippen LogP contribution in [0.5, 0.6) is 5.75 Å². The van der Waals surface area contributed by atoms with Crippen molar-refractivity contribution in [3.8, 4) is 5.75 Å². The molecule has 2 heterocycles. The molecule has 1 aliphatic heterocycles. The minimum absolute atomic E-state index is 0.0966. The van der Waals surface area contributed by atoms with Gasteiger partial charge in [0.05, 0.1) is 11.6 Å². The van der Waals surface area contributed by atoms with E-state index in [1.807, 2.05) is 0 Å². The Labute approximate surface area is 190 Å². The summed E-state index contributed by atoms with van der Waals surface area (Å²) in [6.07, 6.45) is 4.77. The lowest BCUT2D eigenvalue weighted by molar-refractivity contribution is -0.140. The highest BCUT2D eigenvalue weighted by molar-refractivity contribution is 6.46. The number of amides is 1. The molecule has 1 aliphatic rings. The number of hydrogen-bond acceptors (Lipinski definition) is 5. The van der Waals surface area contributed by atoms with Gasteiger partial charge in [-0.25, -0.2) is 4.39 Å². The molecule has 0 bridgehead atoms. The Morgan fingerprint density at radius 3 is 2.52 bits per heavy atom. The molecule has 1 saturated heterocycles. The first-order chi connectivity index (χ1) is 16.0. The van der Waals surface area contributed by atoms with Gasteiger partial charge in [-0.1, -0.05) is 24.8 Å². The minimum atomic E-state index is -0.953. The number of likely N-dealkylation sites (tertiary alicyclic amines) is 1. The number of nitrogens with zero attached hydrogens (tertiary/aromatic N) is 2. The molecule has 166 valence electrons. The van der Waals surface area contributed by atoms with Gasteiger partial charge in [0.1, 0.15) is 23.9 Å². The van der Waals surface area contributed by atoms with Gasteiger partial charge >= 0.3 is 0 Å². The Kier molecular flexibility index (Phi) is 6.31. The molecule has 33 heavy (non-hydrogen) atoms. The number of carbonyl (C=O) groups excluding carboxylic acids is 2. The zero-order chi connectivity index (χ0) is 23.4. The molecule has 2 aromatic carbocycles. The second kappa shape index (κ2) is 9.48. The third kappa shape index (κ3) is 4.52. The van der Waals surface area contributed by atoms with Crippen LogP contribution in [0.2, 0.25) is 0 Å². The van der Waals surface area contributed by atoms with Gasteiger partial charge in [-0.2, -0.15) is 0 Å². The second-order valence-electron chi connectivity index (χ2n) is 7.46. The molecule has 3 aromatic rings. The SMILES string of the molecule is C=CCOc1ccc(C(O)=C2C(=O)C(=O)N(Cc3ccncc3)C2c2cccc(F)c2)cc1. The van der Waals surface area contributed by atoms with Crippen LogP contribution in [-0.2, 0) is 16.1 Å². The summed E-state index contributed by atoms with van der Waals surface area (Å²) in [5, 5.41) is 11.1. The lowest BCUT2D eigenvalue weighted by Gasteiger charge is -2.25. The Morgan fingerprint density at radius 1 is 1.12 bits per heavy atom. The number of aliphatic hydroxyl groups excluding tert-OH is 1. The fourth-order valence-electron chi connectivity index (χ4n) is 3.77. The van der Waals surface area contributed by atoms with E-state index in [9.17, 15) is 19.1 Å². The monoisotopic (exact) mass is 444 g/mol. The second-order valence-corrected chi connectivity index (χ2v) is 7.46. The van der Waals surface area contributed by atoms with Crippen LogP contribution in [-0.4, -0.2) is 33.3 Å². The van der Waals surface area contributed by atoms with Crippen LogP contribution in [0.4, 0.5) is 4.39 Å². The molecule has 4 rings (SSSR count). The molecule has 0 aliphatic carbocycles. The standard InChI is InChI=1S/C26H21FN2O4/c1-2-14-33-21-8-6-18(7-9-21)24(30)22-23(19-4-3-5-20(27)15-19)29(26(32)25(22)31)16-17-10-12-28-13-11-17/h2-13,15,23,30H,1,14,16H2. The van der Waals surface area contributed by atoms with E-state index in [1.54, 1.807) is 60.9 Å². The molecule has 1 fully saturated rings. The Balaban J connectivity index is 1.79. The van der Waals surface area contributed by atoms with E-state index < -0.39 is 23.5 Å². The van der Waals surface area contributed by atoms with Crippen molar-refractivity contribution in [2.75, 3.05) is 6.61 Å². The molecule has 1 amide bonds. The number of aromatic nitrogens is 1. The number of carbonyl (C=O) groups is 2. The quantitative estimate of drug-likeness (QED) is 0.253. The van der Waals surface area contributed by atoms with Crippen molar-refractivity contribution in [2.45, 2.75) is 12.6 Å². The highest BCUT2D eigenvalue weighted by Gasteiger charge is 2.46. The molecule has 0 spiro atoms. The molecular formula is C26H21FN2O4. The Bertz CT molecular complexity index is 1220. The average Bonchev–Trinajstić information content (AvgIpc) is 3.08. The van der Waals surface area contributed by atoms with E-state index in [-0.39, 0.29) is 17.9 Å². The number of halogens is 1. The van der Waals surface area contributed by atoms with Crippen LogP contribution in [0.25, 0.3) is 5.76 Å². The summed E-state index contributed by atoms with van der Waals surface area (Å²) in [6.45, 7) is 4.01. The molecule has 6 nitrogen and oxygen atoms in total. The van der Waals surface area contributed by atoms with Gasteiger partial charge in [0.15, 0.2) is 0 Å². The Morgan fingerprint density at radius 2 is 1.85 bits per heavy atom. The number of rotatable bonds is 7. The molecule has 1 unspecified atom stereocenters. The van der Waals surface area contributed by atoms with Crippen molar-refractivity contribution in [2.24, 2.45) is 0 Å². The van der Waals surface area contributed by atoms with Gasteiger partial charge in [0, 0.05) is 24.5 Å².